The molecule has 0 bridgehead atoms. The molecule has 1 aromatic rings. The molecule has 0 fully saturated rings. The molecule has 2 N–H and O–H groups in total. The minimum Gasteiger partial charge on any atom is -0.443 e. The Morgan fingerprint density at radius 3 is 2.45 bits per heavy atom. The molecule has 0 saturated heterocycles. The predicted molar refractivity (Wildman–Crippen MR) is 86.1 cm³/mol. The lowest BCUT2D eigenvalue weighted by atomic mass is 9.99. The van der Waals surface area contributed by atoms with Crippen LogP contribution in [0.2, 0.25) is 10.0 Å². The fourth-order valence-corrected chi connectivity index (χ4v) is 2.74. The van der Waals surface area contributed by atoms with Crippen LogP contribution in [-0.2, 0) is 14.2 Å². The van der Waals surface area contributed by atoms with Crippen molar-refractivity contribution in [3.05, 3.63) is 33.8 Å². The van der Waals surface area contributed by atoms with Crippen LogP contribution in [0.5, 0.6) is 0 Å². The van der Waals surface area contributed by atoms with Crippen molar-refractivity contribution in [2.75, 3.05) is 13.9 Å². The fourth-order valence-electron chi connectivity index (χ4n) is 2.13. The Morgan fingerprint density at radius 2 is 1.95 bits per heavy atom. The van der Waals surface area contributed by atoms with Gasteiger partial charge in [-0.25, -0.2) is 4.79 Å². The maximum absolute atomic E-state index is 11.2. The molecule has 0 radical (unpaired) electrons. The van der Waals surface area contributed by atoms with E-state index in [0.717, 1.165) is 12.8 Å². The van der Waals surface area contributed by atoms with E-state index in [2.05, 4.69) is 0 Å². The lowest BCUT2D eigenvalue weighted by molar-refractivity contribution is -0.117. The van der Waals surface area contributed by atoms with E-state index in [1.807, 2.05) is 6.92 Å². The van der Waals surface area contributed by atoms with Gasteiger partial charge in [0, 0.05) is 22.7 Å². The Hall–Kier alpha value is -1.01. The summed E-state index contributed by atoms with van der Waals surface area (Å²) >= 11 is 12.5. The molecule has 0 aliphatic heterocycles. The molecule has 7 heteroatoms. The molecule has 0 aliphatic carbocycles. The van der Waals surface area contributed by atoms with Gasteiger partial charge in [0.1, 0.15) is 19.0 Å². The summed E-state index contributed by atoms with van der Waals surface area (Å²) in [7, 11) is 1.50. The van der Waals surface area contributed by atoms with Gasteiger partial charge in [0.15, 0.2) is 0 Å². The van der Waals surface area contributed by atoms with Gasteiger partial charge < -0.3 is 19.9 Å². The lowest BCUT2D eigenvalue weighted by Gasteiger charge is -2.28. The van der Waals surface area contributed by atoms with Crippen molar-refractivity contribution in [3.63, 3.8) is 0 Å². The van der Waals surface area contributed by atoms with Crippen LogP contribution in [0.15, 0.2) is 18.2 Å². The Kier molecular flexibility index (Phi) is 8.56. The minimum absolute atomic E-state index is 0.0109. The molecule has 0 aromatic heterocycles. The number of carbonyl (C=O) groups excluding carboxylic acids is 1. The van der Waals surface area contributed by atoms with Crippen molar-refractivity contribution < 1.29 is 19.0 Å². The zero-order chi connectivity index (χ0) is 16.5. The first kappa shape index (κ1) is 19.0. The molecule has 22 heavy (non-hydrogen) atoms. The largest absolute Gasteiger partial charge is 0.443 e. The van der Waals surface area contributed by atoms with Crippen LogP contribution in [0, 0.1) is 0 Å². The monoisotopic (exact) mass is 349 g/mol. The molecule has 0 aliphatic rings. The van der Waals surface area contributed by atoms with Crippen LogP contribution in [0.4, 0.5) is 4.79 Å². The van der Waals surface area contributed by atoms with Gasteiger partial charge in [-0.2, -0.15) is 0 Å². The van der Waals surface area contributed by atoms with Crippen LogP contribution < -0.4 is 5.73 Å². The van der Waals surface area contributed by atoms with Gasteiger partial charge in [0.05, 0.1) is 0 Å². The average molecular weight is 350 g/mol. The number of ether oxygens (including phenoxy) is 3. The predicted octanol–water partition coefficient (Wildman–Crippen LogP) is 4.31. The van der Waals surface area contributed by atoms with E-state index in [4.69, 9.17) is 43.1 Å². The van der Waals surface area contributed by atoms with Crippen molar-refractivity contribution in [2.24, 2.45) is 5.73 Å². The summed E-state index contributed by atoms with van der Waals surface area (Å²) in [6.45, 7) is 2.05. The molecule has 5 nitrogen and oxygen atoms in total. The third-order valence-electron chi connectivity index (χ3n) is 3.10. The first-order valence-electron chi connectivity index (χ1n) is 7.01. The van der Waals surface area contributed by atoms with E-state index in [1.54, 1.807) is 18.2 Å². The van der Waals surface area contributed by atoms with Gasteiger partial charge in [0.25, 0.3) is 0 Å². The van der Waals surface area contributed by atoms with Crippen LogP contribution in [0.3, 0.4) is 0 Å². The first-order valence-corrected chi connectivity index (χ1v) is 7.77. The number of unbranched alkanes of at least 4 members (excludes halogenated alkanes) is 1. The number of amides is 1. The number of rotatable bonds is 9. The van der Waals surface area contributed by atoms with E-state index in [1.165, 1.54) is 7.11 Å². The second kappa shape index (κ2) is 9.90. The summed E-state index contributed by atoms with van der Waals surface area (Å²) in [5.41, 5.74) is 5.73. The van der Waals surface area contributed by atoms with Gasteiger partial charge in [-0.3, -0.25) is 0 Å². The molecule has 0 spiro atoms. The third kappa shape index (κ3) is 5.65. The molecular weight excluding hydrogens is 329 g/mol. The quantitative estimate of drug-likeness (QED) is 0.674. The number of carbonyl (C=O) groups is 1. The second-order valence-electron chi connectivity index (χ2n) is 4.75. The molecule has 2 atom stereocenters. The van der Waals surface area contributed by atoms with E-state index in [9.17, 15) is 4.79 Å². The molecule has 0 saturated carbocycles. The standard InChI is InChI=1S/C15H21Cl2NO4/c1-3-4-8-12(22-15(18)19)14(21-9-20-2)13-10(16)6-5-7-11(13)17/h5-7,12,14H,3-4,8-9H2,1-2H3,(H2,18,19). The Labute approximate surface area is 140 Å². The molecule has 2 unspecified atom stereocenters. The van der Waals surface area contributed by atoms with Gasteiger partial charge in [0.2, 0.25) is 0 Å². The average Bonchev–Trinajstić information content (AvgIpc) is 2.46. The first-order chi connectivity index (χ1) is 10.5. The Bertz CT molecular complexity index is 464. The summed E-state index contributed by atoms with van der Waals surface area (Å²) < 4.78 is 15.8. The number of methoxy groups -OCH3 is 1. The normalized spacial score (nSPS) is 13.6. The zero-order valence-corrected chi connectivity index (χ0v) is 14.2. The van der Waals surface area contributed by atoms with Crippen molar-refractivity contribution >= 4 is 29.3 Å². The number of nitrogens with two attached hydrogens (primary N) is 1. The van der Waals surface area contributed by atoms with E-state index >= 15 is 0 Å². The van der Waals surface area contributed by atoms with Crippen molar-refractivity contribution in [2.45, 2.75) is 38.4 Å². The SMILES string of the molecule is CCCCC(OC(N)=O)C(OCOC)c1c(Cl)cccc1Cl. The number of hydrogen-bond donors (Lipinski definition) is 1. The van der Waals surface area contributed by atoms with Crippen LogP contribution in [0.1, 0.15) is 37.9 Å². The van der Waals surface area contributed by atoms with Crippen molar-refractivity contribution in [3.8, 4) is 0 Å². The smallest absolute Gasteiger partial charge is 0.404 e. The lowest BCUT2D eigenvalue weighted by Crippen LogP contribution is -2.31. The summed E-state index contributed by atoms with van der Waals surface area (Å²) in [6.07, 6.45) is 0.245. The zero-order valence-electron chi connectivity index (χ0n) is 12.7. The van der Waals surface area contributed by atoms with Gasteiger partial charge in [-0.15, -0.1) is 0 Å². The van der Waals surface area contributed by atoms with Gasteiger partial charge >= 0.3 is 6.09 Å². The number of halogens is 2. The second-order valence-corrected chi connectivity index (χ2v) is 5.56. The summed E-state index contributed by atoms with van der Waals surface area (Å²) in [5, 5.41) is 0.867. The van der Waals surface area contributed by atoms with Gasteiger partial charge in [-0.05, 0) is 25.0 Å². The summed E-state index contributed by atoms with van der Waals surface area (Å²) in [4.78, 5) is 11.2. The van der Waals surface area contributed by atoms with Crippen LogP contribution in [-0.4, -0.2) is 26.1 Å². The molecule has 1 rings (SSSR count). The highest BCUT2D eigenvalue weighted by molar-refractivity contribution is 6.36. The topological polar surface area (TPSA) is 70.8 Å². The molecule has 1 amide bonds. The maximum Gasteiger partial charge on any atom is 0.404 e. The molecular formula is C15H21Cl2NO4. The minimum atomic E-state index is -0.865. The van der Waals surface area contributed by atoms with Crippen molar-refractivity contribution in [1.82, 2.24) is 0 Å². The van der Waals surface area contributed by atoms with E-state index < -0.39 is 18.3 Å². The summed E-state index contributed by atoms with van der Waals surface area (Å²) in [6, 6.07) is 5.14. The maximum atomic E-state index is 11.2. The molecule has 0 heterocycles. The number of hydrogen-bond acceptors (Lipinski definition) is 4. The number of primary amides is 1. The Morgan fingerprint density at radius 1 is 1.32 bits per heavy atom. The molecule has 1 aromatic carbocycles. The van der Waals surface area contributed by atoms with Gasteiger partial charge in [-0.1, -0.05) is 42.6 Å². The summed E-state index contributed by atoms with van der Waals surface area (Å²) in [5.74, 6) is 0. The molecule has 124 valence electrons. The van der Waals surface area contributed by atoms with Crippen LogP contribution in [0.25, 0.3) is 0 Å². The van der Waals surface area contributed by atoms with E-state index in [0.29, 0.717) is 22.0 Å². The highest BCUT2D eigenvalue weighted by Gasteiger charge is 2.30. The number of benzene rings is 1. The van der Waals surface area contributed by atoms with Crippen LogP contribution >= 0.6 is 23.2 Å². The van der Waals surface area contributed by atoms with E-state index in [-0.39, 0.29) is 6.79 Å². The Balaban J connectivity index is 3.13. The third-order valence-corrected chi connectivity index (χ3v) is 3.76. The fraction of sp³-hybridized carbons (Fsp3) is 0.533. The van der Waals surface area contributed by atoms with Crippen molar-refractivity contribution in [1.29, 1.82) is 0 Å². The highest BCUT2D eigenvalue weighted by Crippen LogP contribution is 2.36. The highest BCUT2D eigenvalue weighted by atomic mass is 35.5.